The van der Waals surface area contributed by atoms with Gasteiger partial charge in [-0.1, -0.05) is 0 Å². The minimum atomic E-state index is -0.696. The van der Waals surface area contributed by atoms with Crippen LogP contribution < -0.4 is 5.32 Å². The number of piperidine rings is 1. The third-order valence-electron chi connectivity index (χ3n) is 2.86. The first-order valence-electron chi connectivity index (χ1n) is 4.93. The molecule has 1 unspecified atom stereocenters. The van der Waals surface area contributed by atoms with Gasteiger partial charge in [-0.3, -0.25) is 4.79 Å². The Bertz CT molecular complexity index is 198. The largest absolute Gasteiger partial charge is 0.341 e. The van der Waals surface area contributed by atoms with Crippen LogP contribution in [0.25, 0.3) is 0 Å². The van der Waals surface area contributed by atoms with Crippen LogP contribution in [0.5, 0.6) is 0 Å². The minimum Gasteiger partial charge on any atom is -0.341 e. The number of carbonyl (C=O) groups is 1. The average Bonchev–Trinajstić information content (AvgIpc) is 2.02. The van der Waals surface area contributed by atoms with Crippen LogP contribution in [0.1, 0.15) is 19.3 Å². The second-order valence-corrected chi connectivity index (χ2v) is 3.80. The molecule has 74 valence electrons. The van der Waals surface area contributed by atoms with Gasteiger partial charge in [-0.2, -0.15) is 0 Å². The first-order valence-corrected chi connectivity index (χ1v) is 4.93. The van der Waals surface area contributed by atoms with Crippen molar-refractivity contribution in [3.63, 3.8) is 0 Å². The summed E-state index contributed by atoms with van der Waals surface area (Å²) in [6.07, 6.45) is 1.27. The Morgan fingerprint density at radius 1 is 1.31 bits per heavy atom. The van der Waals surface area contributed by atoms with Crippen LogP contribution in [0, 0.1) is 0 Å². The Morgan fingerprint density at radius 3 is 2.38 bits per heavy atom. The maximum Gasteiger partial charge on any atom is 0.239 e. The Labute approximate surface area is 77.3 Å². The second-order valence-electron chi connectivity index (χ2n) is 3.80. The smallest absolute Gasteiger partial charge is 0.239 e. The van der Waals surface area contributed by atoms with E-state index in [2.05, 4.69) is 5.32 Å². The fourth-order valence-corrected chi connectivity index (χ4v) is 1.79. The molecule has 0 aliphatic carbocycles. The Kier molecular flexibility index (Phi) is 2.49. The van der Waals surface area contributed by atoms with Gasteiger partial charge >= 0.3 is 0 Å². The molecule has 13 heavy (non-hydrogen) atoms. The van der Waals surface area contributed by atoms with Crippen molar-refractivity contribution < 1.29 is 9.18 Å². The molecule has 0 aromatic carbocycles. The lowest BCUT2D eigenvalue weighted by Crippen LogP contribution is -2.55. The quantitative estimate of drug-likeness (QED) is 0.639. The van der Waals surface area contributed by atoms with Gasteiger partial charge in [0, 0.05) is 13.1 Å². The normalized spacial score (nSPS) is 29.9. The summed E-state index contributed by atoms with van der Waals surface area (Å²) in [5.74, 6) is 0.165. The topological polar surface area (TPSA) is 32.3 Å². The zero-order chi connectivity index (χ0) is 9.26. The molecule has 3 nitrogen and oxygen atoms in total. The lowest BCUT2D eigenvalue weighted by molar-refractivity contribution is -0.136. The van der Waals surface area contributed by atoms with Gasteiger partial charge in [-0.05, 0) is 25.8 Å². The summed E-state index contributed by atoms with van der Waals surface area (Å²) >= 11 is 0. The predicted molar refractivity (Wildman–Crippen MR) is 47.1 cm³/mol. The zero-order valence-corrected chi connectivity index (χ0v) is 7.63. The molecule has 0 aromatic heterocycles. The summed E-state index contributed by atoms with van der Waals surface area (Å²) in [7, 11) is 0. The third-order valence-corrected chi connectivity index (χ3v) is 2.86. The first kappa shape index (κ1) is 8.94. The number of rotatable bonds is 1. The molecule has 0 radical (unpaired) electrons. The van der Waals surface area contributed by atoms with E-state index < -0.39 is 6.17 Å². The average molecular weight is 186 g/mol. The van der Waals surface area contributed by atoms with Gasteiger partial charge in [0.05, 0.1) is 6.04 Å². The van der Waals surface area contributed by atoms with E-state index in [-0.39, 0.29) is 11.9 Å². The molecule has 2 aliphatic rings. The van der Waals surface area contributed by atoms with Gasteiger partial charge in [0.1, 0.15) is 6.17 Å². The van der Waals surface area contributed by atoms with Gasteiger partial charge in [-0.25, -0.2) is 4.39 Å². The van der Waals surface area contributed by atoms with E-state index in [1.54, 1.807) is 4.90 Å². The summed E-state index contributed by atoms with van der Waals surface area (Å²) < 4.78 is 12.8. The molecule has 1 amide bonds. The van der Waals surface area contributed by atoms with Crippen LogP contribution in [-0.4, -0.2) is 42.7 Å². The first-order chi connectivity index (χ1) is 6.27. The molecule has 0 bridgehead atoms. The molecule has 2 aliphatic heterocycles. The maximum atomic E-state index is 12.8. The number of nitrogens with zero attached hydrogens (tertiary/aromatic N) is 1. The number of amides is 1. The molecule has 2 rings (SSSR count). The molecule has 0 spiro atoms. The third kappa shape index (κ3) is 1.82. The molecule has 4 heteroatoms. The molecule has 1 atom stereocenters. The molecule has 0 saturated carbocycles. The fraction of sp³-hybridized carbons (Fsp3) is 0.889. The van der Waals surface area contributed by atoms with Crippen LogP contribution in [0.15, 0.2) is 0 Å². The molecule has 2 heterocycles. The van der Waals surface area contributed by atoms with Crippen molar-refractivity contribution in [1.82, 2.24) is 10.2 Å². The summed E-state index contributed by atoms with van der Waals surface area (Å²) in [6.45, 7) is 2.13. The van der Waals surface area contributed by atoms with Gasteiger partial charge in [0.2, 0.25) is 5.91 Å². The van der Waals surface area contributed by atoms with E-state index in [0.29, 0.717) is 25.9 Å². The summed E-state index contributed by atoms with van der Waals surface area (Å²) in [5.41, 5.74) is 0. The molecule has 2 fully saturated rings. The van der Waals surface area contributed by atoms with Crippen LogP contribution in [-0.2, 0) is 4.79 Å². The molecule has 2 saturated heterocycles. The number of hydrogen-bond donors (Lipinski definition) is 1. The van der Waals surface area contributed by atoms with Crippen molar-refractivity contribution in [3.8, 4) is 0 Å². The number of hydrogen-bond acceptors (Lipinski definition) is 2. The van der Waals surface area contributed by atoms with Crippen LogP contribution >= 0.6 is 0 Å². The van der Waals surface area contributed by atoms with E-state index >= 15 is 0 Å². The van der Waals surface area contributed by atoms with Crippen LogP contribution in [0.3, 0.4) is 0 Å². The van der Waals surface area contributed by atoms with Gasteiger partial charge in [-0.15, -0.1) is 0 Å². The fourth-order valence-electron chi connectivity index (χ4n) is 1.79. The molecular formula is C9H15FN2O. The lowest BCUT2D eigenvalue weighted by atomic mass is 10.0. The number of likely N-dealkylation sites (tertiary alicyclic amines) is 1. The zero-order valence-electron chi connectivity index (χ0n) is 7.63. The van der Waals surface area contributed by atoms with E-state index in [0.717, 1.165) is 13.0 Å². The summed E-state index contributed by atoms with van der Waals surface area (Å²) in [4.78, 5) is 13.4. The van der Waals surface area contributed by atoms with E-state index in [9.17, 15) is 9.18 Å². The van der Waals surface area contributed by atoms with Crippen molar-refractivity contribution in [2.24, 2.45) is 0 Å². The van der Waals surface area contributed by atoms with Crippen molar-refractivity contribution in [2.75, 3.05) is 19.6 Å². The number of halogens is 1. The Hall–Kier alpha value is -0.640. The number of carbonyl (C=O) groups excluding carboxylic acids is 1. The SMILES string of the molecule is O=C(C1CCN1)N1CCC(F)CC1. The number of alkyl halides is 1. The molecular weight excluding hydrogens is 171 g/mol. The molecule has 0 aromatic rings. The highest BCUT2D eigenvalue weighted by Gasteiger charge is 2.31. The van der Waals surface area contributed by atoms with Crippen molar-refractivity contribution in [3.05, 3.63) is 0 Å². The summed E-state index contributed by atoms with van der Waals surface area (Å²) in [5, 5.41) is 3.07. The maximum absolute atomic E-state index is 12.8. The van der Waals surface area contributed by atoms with Crippen molar-refractivity contribution in [1.29, 1.82) is 0 Å². The Balaban J connectivity index is 1.83. The Morgan fingerprint density at radius 2 is 1.92 bits per heavy atom. The van der Waals surface area contributed by atoms with Gasteiger partial charge in [0.25, 0.3) is 0 Å². The van der Waals surface area contributed by atoms with E-state index in [1.807, 2.05) is 0 Å². The lowest BCUT2D eigenvalue weighted by Gasteiger charge is -2.35. The van der Waals surface area contributed by atoms with E-state index in [4.69, 9.17) is 0 Å². The van der Waals surface area contributed by atoms with Crippen molar-refractivity contribution in [2.45, 2.75) is 31.5 Å². The second kappa shape index (κ2) is 3.62. The van der Waals surface area contributed by atoms with Gasteiger partial charge < -0.3 is 10.2 Å². The molecule has 1 N–H and O–H groups in total. The standard InChI is InChI=1S/C9H15FN2O/c10-7-2-5-12(6-3-7)9(13)8-1-4-11-8/h7-8,11H,1-6H2. The van der Waals surface area contributed by atoms with Crippen molar-refractivity contribution >= 4 is 5.91 Å². The highest BCUT2D eigenvalue weighted by atomic mass is 19.1. The highest BCUT2D eigenvalue weighted by Crippen LogP contribution is 2.16. The van der Waals surface area contributed by atoms with Crippen LogP contribution in [0.4, 0.5) is 4.39 Å². The van der Waals surface area contributed by atoms with Crippen LogP contribution in [0.2, 0.25) is 0 Å². The minimum absolute atomic E-state index is 0.0242. The monoisotopic (exact) mass is 186 g/mol. The van der Waals surface area contributed by atoms with Gasteiger partial charge in [0.15, 0.2) is 0 Å². The summed E-state index contributed by atoms with van der Waals surface area (Å²) in [6, 6.07) is 0.0242. The predicted octanol–water partition coefficient (Wildman–Crippen LogP) is 0.309. The highest BCUT2D eigenvalue weighted by molar-refractivity contribution is 5.82. The number of nitrogens with one attached hydrogen (secondary N) is 1. The van der Waals surface area contributed by atoms with E-state index in [1.165, 1.54) is 0 Å².